The maximum atomic E-state index is 10.1. The fourth-order valence-electron chi connectivity index (χ4n) is 1.51. The molecule has 0 spiro atoms. The number of ether oxygens (including phenoxy) is 1. The summed E-state index contributed by atoms with van der Waals surface area (Å²) in [5.41, 5.74) is 0.462. The van der Waals surface area contributed by atoms with Crippen molar-refractivity contribution in [2.45, 2.75) is 25.9 Å². The number of anilines is 1. The van der Waals surface area contributed by atoms with Crippen LogP contribution in [-0.2, 0) is 4.74 Å². The minimum Gasteiger partial charge on any atom is -0.388 e. The third kappa shape index (κ3) is 4.70. The van der Waals surface area contributed by atoms with Gasteiger partial charge in [0, 0.05) is 32.4 Å². The number of rotatable bonds is 6. The zero-order chi connectivity index (χ0) is 13.6. The van der Waals surface area contributed by atoms with Gasteiger partial charge in [-0.15, -0.1) is 0 Å². The van der Waals surface area contributed by atoms with Gasteiger partial charge in [0.15, 0.2) is 0 Å². The molecule has 0 aromatic carbocycles. The number of hydrogen-bond donors (Lipinski definition) is 2. The molecule has 0 aliphatic carbocycles. The SMILES string of the molecule is COCCC(C)(O)CNc1cc(C#N)cc(C)n1. The first-order chi connectivity index (χ1) is 8.46. The van der Waals surface area contributed by atoms with Crippen LogP contribution in [0.2, 0.25) is 0 Å². The number of nitrogens with one attached hydrogen (secondary N) is 1. The highest BCUT2D eigenvalue weighted by Crippen LogP contribution is 2.13. The van der Waals surface area contributed by atoms with Gasteiger partial charge in [-0.3, -0.25) is 0 Å². The summed E-state index contributed by atoms with van der Waals surface area (Å²) in [5, 5.41) is 22.0. The van der Waals surface area contributed by atoms with Gasteiger partial charge in [-0.05, 0) is 26.0 Å². The van der Waals surface area contributed by atoms with Gasteiger partial charge in [-0.2, -0.15) is 5.26 Å². The van der Waals surface area contributed by atoms with Crippen LogP contribution < -0.4 is 5.32 Å². The molecule has 1 aromatic rings. The Kier molecular flexibility index (Phi) is 5.08. The van der Waals surface area contributed by atoms with Crippen molar-refractivity contribution in [3.8, 4) is 6.07 Å². The molecule has 1 unspecified atom stereocenters. The Hall–Kier alpha value is -1.64. The molecule has 0 saturated heterocycles. The van der Waals surface area contributed by atoms with E-state index in [1.54, 1.807) is 26.2 Å². The summed E-state index contributed by atoms with van der Waals surface area (Å²) >= 11 is 0. The summed E-state index contributed by atoms with van der Waals surface area (Å²) in [6, 6.07) is 5.46. The molecule has 5 nitrogen and oxygen atoms in total. The molecule has 0 fully saturated rings. The fourth-order valence-corrected chi connectivity index (χ4v) is 1.51. The summed E-state index contributed by atoms with van der Waals surface area (Å²) in [6.45, 7) is 4.42. The molecule has 0 amide bonds. The van der Waals surface area contributed by atoms with Gasteiger partial charge < -0.3 is 15.2 Å². The number of aromatic nitrogens is 1. The second-order valence-electron chi connectivity index (χ2n) is 4.59. The monoisotopic (exact) mass is 249 g/mol. The van der Waals surface area contributed by atoms with E-state index >= 15 is 0 Å². The lowest BCUT2D eigenvalue weighted by molar-refractivity contribution is 0.0357. The van der Waals surface area contributed by atoms with Crippen LogP contribution in [0.25, 0.3) is 0 Å². The Morgan fingerprint density at radius 3 is 2.89 bits per heavy atom. The van der Waals surface area contributed by atoms with Gasteiger partial charge >= 0.3 is 0 Å². The largest absolute Gasteiger partial charge is 0.388 e. The molecule has 0 aliphatic rings. The van der Waals surface area contributed by atoms with E-state index in [-0.39, 0.29) is 0 Å². The molecule has 1 heterocycles. The van der Waals surface area contributed by atoms with Crippen LogP contribution >= 0.6 is 0 Å². The predicted molar refractivity (Wildman–Crippen MR) is 69.3 cm³/mol. The first-order valence-electron chi connectivity index (χ1n) is 5.81. The standard InChI is InChI=1S/C13H19N3O2/c1-10-6-11(8-14)7-12(16-10)15-9-13(2,17)4-5-18-3/h6-7,17H,4-5,9H2,1-3H3,(H,15,16). The Labute approximate surface area is 107 Å². The highest BCUT2D eigenvalue weighted by Gasteiger charge is 2.19. The number of aliphatic hydroxyl groups is 1. The van der Waals surface area contributed by atoms with E-state index in [9.17, 15) is 5.11 Å². The van der Waals surface area contributed by atoms with Gasteiger partial charge in [-0.1, -0.05) is 0 Å². The number of nitriles is 1. The zero-order valence-corrected chi connectivity index (χ0v) is 11.0. The van der Waals surface area contributed by atoms with Gasteiger partial charge in [0.25, 0.3) is 0 Å². The van der Waals surface area contributed by atoms with Crippen LogP contribution in [0.15, 0.2) is 12.1 Å². The van der Waals surface area contributed by atoms with Crippen molar-refractivity contribution in [2.75, 3.05) is 25.6 Å². The van der Waals surface area contributed by atoms with Crippen molar-refractivity contribution >= 4 is 5.82 Å². The average Bonchev–Trinajstić information content (AvgIpc) is 2.33. The zero-order valence-electron chi connectivity index (χ0n) is 11.0. The lowest BCUT2D eigenvalue weighted by atomic mass is 10.0. The van der Waals surface area contributed by atoms with Gasteiger partial charge in [-0.25, -0.2) is 4.98 Å². The smallest absolute Gasteiger partial charge is 0.127 e. The van der Waals surface area contributed by atoms with Crippen LogP contribution in [0.5, 0.6) is 0 Å². The van der Waals surface area contributed by atoms with Crippen LogP contribution in [0, 0.1) is 18.3 Å². The van der Waals surface area contributed by atoms with Crippen LogP contribution in [0.4, 0.5) is 5.82 Å². The Balaban J connectivity index is 2.63. The van der Waals surface area contributed by atoms with E-state index in [1.165, 1.54) is 0 Å². The van der Waals surface area contributed by atoms with E-state index < -0.39 is 5.60 Å². The van der Waals surface area contributed by atoms with Gasteiger partial charge in [0.1, 0.15) is 5.82 Å². The number of aryl methyl sites for hydroxylation is 1. The second-order valence-corrected chi connectivity index (χ2v) is 4.59. The van der Waals surface area contributed by atoms with E-state index in [0.29, 0.717) is 31.0 Å². The minimum atomic E-state index is -0.867. The quantitative estimate of drug-likeness (QED) is 0.798. The first-order valence-corrected chi connectivity index (χ1v) is 5.81. The third-order valence-corrected chi connectivity index (χ3v) is 2.58. The highest BCUT2D eigenvalue weighted by atomic mass is 16.5. The lowest BCUT2D eigenvalue weighted by Gasteiger charge is -2.23. The van der Waals surface area contributed by atoms with Gasteiger partial charge in [0.05, 0.1) is 17.2 Å². The molecule has 1 rings (SSSR count). The molecule has 18 heavy (non-hydrogen) atoms. The van der Waals surface area contributed by atoms with Crippen molar-refractivity contribution in [2.24, 2.45) is 0 Å². The van der Waals surface area contributed by atoms with Crippen molar-refractivity contribution in [1.29, 1.82) is 5.26 Å². The Morgan fingerprint density at radius 1 is 1.56 bits per heavy atom. The van der Waals surface area contributed by atoms with Crippen LogP contribution in [-0.4, -0.2) is 36.0 Å². The average molecular weight is 249 g/mol. The lowest BCUT2D eigenvalue weighted by Crippen LogP contribution is -2.34. The molecule has 5 heteroatoms. The summed E-state index contributed by atoms with van der Waals surface area (Å²) < 4.78 is 4.94. The molecule has 0 saturated carbocycles. The Morgan fingerprint density at radius 2 is 2.28 bits per heavy atom. The summed E-state index contributed by atoms with van der Waals surface area (Å²) in [6.07, 6.45) is 0.535. The number of methoxy groups -OCH3 is 1. The van der Waals surface area contributed by atoms with E-state index in [4.69, 9.17) is 10.00 Å². The molecule has 2 N–H and O–H groups in total. The summed E-state index contributed by atoms with van der Waals surface area (Å²) in [7, 11) is 1.60. The molecular formula is C13H19N3O2. The molecule has 1 atom stereocenters. The fraction of sp³-hybridized carbons (Fsp3) is 0.538. The predicted octanol–water partition coefficient (Wildman–Crippen LogP) is 1.46. The third-order valence-electron chi connectivity index (χ3n) is 2.58. The number of pyridine rings is 1. The van der Waals surface area contributed by atoms with Crippen LogP contribution in [0.3, 0.4) is 0 Å². The molecule has 1 aromatic heterocycles. The van der Waals surface area contributed by atoms with Crippen molar-refractivity contribution in [3.05, 3.63) is 23.4 Å². The van der Waals surface area contributed by atoms with Crippen molar-refractivity contribution < 1.29 is 9.84 Å². The van der Waals surface area contributed by atoms with Crippen molar-refractivity contribution in [1.82, 2.24) is 4.98 Å². The second kappa shape index (κ2) is 6.34. The number of hydrogen-bond acceptors (Lipinski definition) is 5. The molecule has 98 valence electrons. The van der Waals surface area contributed by atoms with Gasteiger partial charge in [0.2, 0.25) is 0 Å². The summed E-state index contributed by atoms with van der Waals surface area (Å²) in [5.74, 6) is 0.601. The normalized spacial score (nSPS) is 13.7. The van der Waals surface area contributed by atoms with Crippen molar-refractivity contribution in [3.63, 3.8) is 0 Å². The molecule has 0 aliphatic heterocycles. The summed E-state index contributed by atoms with van der Waals surface area (Å²) in [4.78, 5) is 4.26. The topological polar surface area (TPSA) is 78.2 Å². The maximum absolute atomic E-state index is 10.1. The van der Waals surface area contributed by atoms with E-state index in [2.05, 4.69) is 16.4 Å². The first kappa shape index (κ1) is 14.4. The maximum Gasteiger partial charge on any atom is 0.127 e. The molecular weight excluding hydrogens is 230 g/mol. The highest BCUT2D eigenvalue weighted by molar-refractivity contribution is 5.44. The molecule has 0 radical (unpaired) electrons. The van der Waals surface area contributed by atoms with E-state index in [1.807, 2.05) is 6.92 Å². The van der Waals surface area contributed by atoms with Crippen LogP contribution in [0.1, 0.15) is 24.6 Å². The Bertz CT molecular complexity index is 438. The number of nitrogens with zero attached hydrogens (tertiary/aromatic N) is 2. The molecule has 0 bridgehead atoms. The minimum absolute atomic E-state index is 0.359. The van der Waals surface area contributed by atoms with E-state index in [0.717, 1.165) is 5.69 Å².